The van der Waals surface area contributed by atoms with Crippen molar-refractivity contribution in [2.24, 2.45) is 0 Å². The van der Waals surface area contributed by atoms with E-state index < -0.39 is 0 Å². The van der Waals surface area contributed by atoms with Crippen LogP contribution in [0.25, 0.3) is 0 Å². The summed E-state index contributed by atoms with van der Waals surface area (Å²) in [5.41, 5.74) is 2.15. The lowest BCUT2D eigenvalue weighted by Gasteiger charge is -2.19. The van der Waals surface area contributed by atoms with Crippen molar-refractivity contribution in [1.29, 1.82) is 0 Å². The molecule has 0 aliphatic carbocycles. The minimum absolute atomic E-state index is 0.265. The molecule has 0 heterocycles. The Hall–Kier alpha value is -0.960. The molecule has 1 aromatic carbocycles. The van der Waals surface area contributed by atoms with Gasteiger partial charge >= 0.3 is 0 Å². The lowest BCUT2D eigenvalue weighted by molar-refractivity contribution is 0.472. The van der Waals surface area contributed by atoms with E-state index in [1.807, 2.05) is 31.1 Å². The number of benzene rings is 1. The van der Waals surface area contributed by atoms with Gasteiger partial charge < -0.3 is 10.0 Å². The standard InChI is InChI=1S/C11H14BrNO/c1-4-5-8-6-7-9(14)10(12)11(8)13(2)3/h4,6-7,14H,1,5H2,2-3H3. The predicted molar refractivity (Wildman–Crippen MR) is 64.0 cm³/mol. The number of halogens is 1. The van der Waals surface area contributed by atoms with Gasteiger partial charge in [0, 0.05) is 14.1 Å². The highest BCUT2D eigenvalue weighted by atomic mass is 79.9. The smallest absolute Gasteiger partial charge is 0.131 e. The number of aromatic hydroxyl groups is 1. The summed E-state index contributed by atoms with van der Waals surface area (Å²) in [5.74, 6) is 0.265. The van der Waals surface area contributed by atoms with Gasteiger partial charge in [0.15, 0.2) is 0 Å². The largest absolute Gasteiger partial charge is 0.507 e. The zero-order chi connectivity index (χ0) is 10.7. The van der Waals surface area contributed by atoms with Crippen LogP contribution in [-0.2, 0) is 6.42 Å². The Balaban J connectivity index is 3.29. The maximum atomic E-state index is 9.54. The summed E-state index contributed by atoms with van der Waals surface area (Å²) in [6, 6.07) is 3.60. The van der Waals surface area contributed by atoms with E-state index in [1.165, 1.54) is 0 Å². The van der Waals surface area contributed by atoms with E-state index in [2.05, 4.69) is 22.5 Å². The van der Waals surface area contributed by atoms with Gasteiger partial charge in [-0.2, -0.15) is 0 Å². The molecule has 0 spiro atoms. The van der Waals surface area contributed by atoms with Crippen molar-refractivity contribution in [2.45, 2.75) is 6.42 Å². The number of phenolic OH excluding ortho intramolecular Hbond substituents is 1. The second kappa shape index (κ2) is 4.51. The van der Waals surface area contributed by atoms with Gasteiger partial charge in [0.2, 0.25) is 0 Å². The fraction of sp³-hybridized carbons (Fsp3) is 0.273. The van der Waals surface area contributed by atoms with E-state index in [9.17, 15) is 5.11 Å². The van der Waals surface area contributed by atoms with Crippen molar-refractivity contribution in [2.75, 3.05) is 19.0 Å². The van der Waals surface area contributed by atoms with E-state index in [4.69, 9.17) is 0 Å². The third-order valence-electron chi connectivity index (χ3n) is 1.99. The molecule has 76 valence electrons. The van der Waals surface area contributed by atoms with Crippen molar-refractivity contribution in [1.82, 2.24) is 0 Å². The molecule has 0 aliphatic heterocycles. The summed E-state index contributed by atoms with van der Waals surface area (Å²) in [5, 5.41) is 9.54. The van der Waals surface area contributed by atoms with Crippen LogP contribution >= 0.6 is 15.9 Å². The minimum atomic E-state index is 0.265. The summed E-state index contributed by atoms with van der Waals surface area (Å²) in [6.07, 6.45) is 2.65. The van der Waals surface area contributed by atoms with Gasteiger partial charge in [0.25, 0.3) is 0 Å². The number of phenols is 1. The number of anilines is 1. The molecule has 1 N–H and O–H groups in total. The van der Waals surface area contributed by atoms with Crippen molar-refractivity contribution < 1.29 is 5.11 Å². The molecule has 0 saturated heterocycles. The van der Waals surface area contributed by atoms with Crippen LogP contribution < -0.4 is 4.90 Å². The topological polar surface area (TPSA) is 23.5 Å². The van der Waals surface area contributed by atoms with Gasteiger partial charge in [-0.25, -0.2) is 0 Å². The quantitative estimate of drug-likeness (QED) is 0.840. The number of nitrogens with zero attached hydrogens (tertiary/aromatic N) is 1. The Morgan fingerprint density at radius 1 is 1.50 bits per heavy atom. The average Bonchev–Trinajstić information content (AvgIpc) is 2.11. The Morgan fingerprint density at radius 3 is 2.64 bits per heavy atom. The molecule has 0 atom stereocenters. The number of hydrogen-bond donors (Lipinski definition) is 1. The highest BCUT2D eigenvalue weighted by Gasteiger charge is 2.11. The first-order valence-corrected chi connectivity index (χ1v) is 5.15. The first-order valence-electron chi connectivity index (χ1n) is 4.36. The molecule has 0 aromatic heterocycles. The molecule has 2 nitrogen and oxygen atoms in total. The fourth-order valence-corrected chi connectivity index (χ4v) is 2.14. The molecular formula is C11H14BrNO. The molecule has 14 heavy (non-hydrogen) atoms. The molecule has 0 amide bonds. The molecule has 0 radical (unpaired) electrons. The van der Waals surface area contributed by atoms with Crippen LogP contribution in [0.3, 0.4) is 0 Å². The van der Waals surface area contributed by atoms with E-state index in [-0.39, 0.29) is 5.75 Å². The Bertz CT molecular complexity index is 347. The van der Waals surface area contributed by atoms with E-state index in [0.717, 1.165) is 22.1 Å². The van der Waals surface area contributed by atoms with Gasteiger partial charge in [-0.1, -0.05) is 12.1 Å². The van der Waals surface area contributed by atoms with Gasteiger partial charge in [-0.05, 0) is 34.0 Å². The molecule has 0 bridgehead atoms. The van der Waals surface area contributed by atoms with Crippen LogP contribution in [0.2, 0.25) is 0 Å². The zero-order valence-corrected chi connectivity index (χ0v) is 10.0. The Labute approximate surface area is 93.0 Å². The minimum Gasteiger partial charge on any atom is -0.507 e. The maximum absolute atomic E-state index is 9.54. The first-order chi connectivity index (χ1) is 6.57. The SMILES string of the molecule is C=CCc1ccc(O)c(Br)c1N(C)C. The summed E-state index contributed by atoms with van der Waals surface area (Å²) < 4.78 is 0.738. The van der Waals surface area contributed by atoms with Crippen molar-refractivity contribution >= 4 is 21.6 Å². The highest BCUT2D eigenvalue weighted by Crippen LogP contribution is 2.36. The number of hydrogen-bond acceptors (Lipinski definition) is 2. The molecule has 0 saturated carbocycles. The van der Waals surface area contributed by atoms with Gasteiger partial charge in [0.1, 0.15) is 5.75 Å². The van der Waals surface area contributed by atoms with Gasteiger partial charge in [-0.3, -0.25) is 0 Å². The van der Waals surface area contributed by atoms with Crippen molar-refractivity contribution in [3.8, 4) is 5.75 Å². The second-order valence-electron chi connectivity index (χ2n) is 3.29. The molecule has 0 aliphatic rings. The van der Waals surface area contributed by atoms with Gasteiger partial charge in [0.05, 0.1) is 10.2 Å². The zero-order valence-electron chi connectivity index (χ0n) is 8.42. The second-order valence-corrected chi connectivity index (χ2v) is 4.09. The maximum Gasteiger partial charge on any atom is 0.131 e. The van der Waals surface area contributed by atoms with Crippen LogP contribution in [0.5, 0.6) is 5.75 Å². The molecular weight excluding hydrogens is 242 g/mol. The molecule has 0 fully saturated rings. The number of allylic oxidation sites excluding steroid dienone is 1. The lowest BCUT2D eigenvalue weighted by Crippen LogP contribution is -2.12. The fourth-order valence-electron chi connectivity index (χ4n) is 1.40. The molecule has 1 aromatic rings. The monoisotopic (exact) mass is 255 g/mol. The molecule has 1 rings (SSSR count). The third kappa shape index (κ3) is 2.10. The summed E-state index contributed by atoms with van der Waals surface area (Å²) in [7, 11) is 3.90. The van der Waals surface area contributed by atoms with E-state index >= 15 is 0 Å². The molecule has 3 heteroatoms. The Morgan fingerprint density at radius 2 is 2.14 bits per heavy atom. The summed E-state index contributed by atoms with van der Waals surface area (Å²) >= 11 is 3.38. The lowest BCUT2D eigenvalue weighted by atomic mass is 10.1. The Kier molecular flexibility index (Phi) is 3.58. The van der Waals surface area contributed by atoms with Crippen LogP contribution in [0.1, 0.15) is 5.56 Å². The van der Waals surface area contributed by atoms with Gasteiger partial charge in [-0.15, -0.1) is 6.58 Å². The predicted octanol–water partition coefficient (Wildman–Crippen LogP) is 2.95. The van der Waals surface area contributed by atoms with E-state index in [0.29, 0.717) is 0 Å². The first kappa shape index (κ1) is 11.1. The highest BCUT2D eigenvalue weighted by molar-refractivity contribution is 9.10. The molecule has 0 unspecified atom stereocenters. The van der Waals surface area contributed by atoms with Crippen LogP contribution in [-0.4, -0.2) is 19.2 Å². The van der Waals surface area contributed by atoms with E-state index in [1.54, 1.807) is 6.07 Å². The van der Waals surface area contributed by atoms with Crippen molar-refractivity contribution in [3.05, 3.63) is 34.8 Å². The third-order valence-corrected chi connectivity index (χ3v) is 2.77. The van der Waals surface area contributed by atoms with Crippen LogP contribution in [0, 0.1) is 0 Å². The summed E-state index contributed by atoms with van der Waals surface area (Å²) in [6.45, 7) is 3.71. The summed E-state index contributed by atoms with van der Waals surface area (Å²) in [4.78, 5) is 1.97. The number of rotatable bonds is 3. The average molecular weight is 256 g/mol. The van der Waals surface area contributed by atoms with Crippen molar-refractivity contribution in [3.63, 3.8) is 0 Å². The van der Waals surface area contributed by atoms with Crippen LogP contribution in [0.15, 0.2) is 29.3 Å². The normalized spacial score (nSPS) is 9.93. The van der Waals surface area contributed by atoms with Crippen LogP contribution in [0.4, 0.5) is 5.69 Å².